The molecule has 31 heavy (non-hydrogen) atoms. The number of carbonyl (C=O) groups is 2. The summed E-state index contributed by atoms with van der Waals surface area (Å²) in [5.74, 6) is -0.589. The molecule has 1 unspecified atom stereocenters. The summed E-state index contributed by atoms with van der Waals surface area (Å²) in [5.41, 5.74) is 0.600. The Balaban J connectivity index is 1.98. The van der Waals surface area contributed by atoms with E-state index < -0.39 is 21.6 Å². The molecule has 7 nitrogen and oxygen atoms in total. The van der Waals surface area contributed by atoms with E-state index in [-0.39, 0.29) is 33.2 Å². The lowest BCUT2D eigenvalue weighted by Crippen LogP contribution is -2.51. The molecule has 0 saturated heterocycles. The third-order valence-electron chi connectivity index (χ3n) is 4.04. The highest BCUT2D eigenvalue weighted by Crippen LogP contribution is 2.26. The predicted molar refractivity (Wildman–Crippen MR) is 123 cm³/mol. The molecule has 0 saturated carbocycles. The third kappa shape index (κ3) is 7.72. The van der Waals surface area contributed by atoms with Crippen molar-refractivity contribution >= 4 is 50.7 Å². The van der Waals surface area contributed by atoms with Gasteiger partial charge >= 0.3 is 0 Å². The molecular weight excluding hydrogens is 461 g/mol. The van der Waals surface area contributed by atoms with E-state index in [1.54, 1.807) is 31.2 Å². The van der Waals surface area contributed by atoms with Crippen LogP contribution in [-0.2, 0) is 26.0 Å². The van der Waals surface area contributed by atoms with Crippen LogP contribution in [0, 0.1) is 0 Å². The zero-order chi connectivity index (χ0) is 23.4. The first-order valence-electron chi connectivity index (χ1n) is 9.45. The topological polar surface area (TPSA) is 104 Å². The Labute approximate surface area is 192 Å². The van der Waals surface area contributed by atoms with Gasteiger partial charge in [0.05, 0.1) is 21.4 Å². The fourth-order valence-corrected chi connectivity index (χ4v) is 4.02. The van der Waals surface area contributed by atoms with E-state index in [0.29, 0.717) is 11.3 Å². The van der Waals surface area contributed by atoms with Gasteiger partial charge in [-0.1, -0.05) is 35.3 Å². The first kappa shape index (κ1) is 25.0. The van der Waals surface area contributed by atoms with Crippen LogP contribution in [0.3, 0.4) is 0 Å². The Morgan fingerprint density at radius 1 is 1.00 bits per heavy atom. The molecule has 0 aromatic heterocycles. The summed E-state index contributed by atoms with van der Waals surface area (Å²) in [7, 11) is -3.85. The average Bonchev–Trinajstić information content (AvgIpc) is 2.63. The summed E-state index contributed by atoms with van der Waals surface area (Å²) in [6.07, 6.45) is 0.0486. The van der Waals surface area contributed by atoms with Crippen LogP contribution in [0.15, 0.2) is 47.4 Å². The number of rotatable bonds is 7. The fourth-order valence-electron chi connectivity index (χ4n) is 2.57. The van der Waals surface area contributed by atoms with Crippen molar-refractivity contribution in [2.75, 3.05) is 4.72 Å². The zero-order valence-electron chi connectivity index (χ0n) is 17.6. The molecule has 0 aliphatic carbocycles. The molecule has 0 aliphatic heterocycles. The lowest BCUT2D eigenvalue weighted by molar-refractivity contribution is -0.129. The molecule has 2 aromatic rings. The van der Waals surface area contributed by atoms with E-state index in [0.717, 1.165) is 0 Å². The van der Waals surface area contributed by atoms with Crippen molar-refractivity contribution in [3.05, 3.63) is 58.1 Å². The second-order valence-electron chi connectivity index (χ2n) is 8.08. The van der Waals surface area contributed by atoms with Crippen molar-refractivity contribution < 1.29 is 18.0 Å². The highest BCUT2D eigenvalue weighted by Gasteiger charge is 2.21. The molecule has 3 N–H and O–H groups in total. The Morgan fingerprint density at radius 3 is 2.16 bits per heavy atom. The highest BCUT2D eigenvalue weighted by atomic mass is 35.5. The molecule has 2 rings (SSSR count). The fraction of sp³-hybridized carbons (Fsp3) is 0.333. The number of nitrogens with one attached hydrogen (secondary N) is 3. The van der Waals surface area contributed by atoms with Crippen molar-refractivity contribution in [1.29, 1.82) is 0 Å². The number of anilines is 1. The molecule has 2 amide bonds. The second kappa shape index (κ2) is 9.89. The van der Waals surface area contributed by atoms with Crippen LogP contribution in [0.5, 0.6) is 0 Å². The number of halogens is 2. The molecular formula is C21H25Cl2N3O4S. The van der Waals surface area contributed by atoms with Crippen molar-refractivity contribution in [2.24, 2.45) is 0 Å². The van der Waals surface area contributed by atoms with E-state index in [1.165, 1.54) is 18.2 Å². The second-order valence-corrected chi connectivity index (χ2v) is 10.6. The predicted octanol–water partition coefficient (Wildman–Crippen LogP) is 3.76. The zero-order valence-corrected chi connectivity index (χ0v) is 20.0. The highest BCUT2D eigenvalue weighted by molar-refractivity contribution is 7.92. The van der Waals surface area contributed by atoms with Crippen molar-refractivity contribution in [3.8, 4) is 0 Å². The largest absolute Gasteiger partial charge is 0.350 e. The Kier molecular flexibility index (Phi) is 7.97. The van der Waals surface area contributed by atoms with Crippen LogP contribution in [0.4, 0.5) is 5.69 Å². The number of benzene rings is 2. The molecule has 0 heterocycles. The van der Waals surface area contributed by atoms with Crippen LogP contribution in [0.25, 0.3) is 0 Å². The Bertz CT molecular complexity index is 1070. The molecule has 0 fully saturated rings. The minimum Gasteiger partial charge on any atom is -0.350 e. The van der Waals surface area contributed by atoms with E-state index in [2.05, 4.69) is 15.4 Å². The Hall–Kier alpha value is -2.29. The van der Waals surface area contributed by atoms with E-state index in [1.807, 2.05) is 20.8 Å². The average molecular weight is 486 g/mol. The summed E-state index contributed by atoms with van der Waals surface area (Å²) in [4.78, 5) is 24.3. The lowest BCUT2D eigenvalue weighted by atomic mass is 10.1. The minimum absolute atomic E-state index is 0.0205. The third-order valence-corrected chi connectivity index (χ3v) is 6.16. The summed E-state index contributed by atoms with van der Waals surface area (Å²) in [5, 5.41) is 5.85. The quantitative estimate of drug-likeness (QED) is 0.555. The lowest BCUT2D eigenvalue weighted by Gasteiger charge is -2.23. The van der Waals surface area contributed by atoms with Gasteiger partial charge in [0.15, 0.2) is 0 Å². The van der Waals surface area contributed by atoms with Gasteiger partial charge in [-0.15, -0.1) is 0 Å². The standard InChI is InChI=1S/C21H25Cl2N3O4S/c1-13(20(28)25-21(2,3)4)24-19(27)11-14-5-7-15(8-6-14)26-31(29,30)16-9-10-17(22)18(23)12-16/h5-10,12-13,26H,11H2,1-4H3,(H,24,27)(H,25,28). The van der Waals surface area contributed by atoms with Crippen LogP contribution >= 0.6 is 23.2 Å². The van der Waals surface area contributed by atoms with E-state index >= 15 is 0 Å². The number of carbonyl (C=O) groups excluding carboxylic acids is 2. The smallest absolute Gasteiger partial charge is 0.261 e. The van der Waals surface area contributed by atoms with Crippen molar-refractivity contribution in [1.82, 2.24) is 10.6 Å². The van der Waals surface area contributed by atoms with Gasteiger partial charge in [0.1, 0.15) is 6.04 Å². The molecule has 10 heteroatoms. The van der Waals surface area contributed by atoms with Gasteiger partial charge < -0.3 is 10.6 Å². The first-order valence-corrected chi connectivity index (χ1v) is 11.7. The van der Waals surface area contributed by atoms with Crippen molar-refractivity contribution in [3.63, 3.8) is 0 Å². The summed E-state index contributed by atoms with van der Waals surface area (Å²) < 4.78 is 27.4. The van der Waals surface area contributed by atoms with Gasteiger partial charge in [-0.05, 0) is 63.6 Å². The van der Waals surface area contributed by atoms with Gasteiger partial charge in [-0.25, -0.2) is 8.42 Å². The first-order chi connectivity index (χ1) is 14.3. The van der Waals surface area contributed by atoms with Gasteiger partial charge in [0.2, 0.25) is 11.8 Å². The van der Waals surface area contributed by atoms with Gasteiger partial charge in [0, 0.05) is 11.2 Å². The van der Waals surface area contributed by atoms with Gasteiger partial charge in [0.25, 0.3) is 10.0 Å². The number of hydrogen-bond donors (Lipinski definition) is 3. The van der Waals surface area contributed by atoms with Crippen LogP contribution in [-0.4, -0.2) is 31.8 Å². The molecule has 1 atom stereocenters. The summed E-state index contributed by atoms with van der Waals surface area (Å²) >= 11 is 11.7. The van der Waals surface area contributed by atoms with Gasteiger partial charge in [-0.2, -0.15) is 0 Å². The Morgan fingerprint density at radius 2 is 1.61 bits per heavy atom. The van der Waals surface area contributed by atoms with Crippen molar-refractivity contribution in [2.45, 2.75) is 50.6 Å². The molecule has 0 bridgehead atoms. The monoisotopic (exact) mass is 485 g/mol. The van der Waals surface area contributed by atoms with E-state index in [9.17, 15) is 18.0 Å². The van der Waals surface area contributed by atoms with Crippen LogP contribution in [0.2, 0.25) is 10.0 Å². The SMILES string of the molecule is CC(NC(=O)Cc1ccc(NS(=O)(=O)c2ccc(Cl)c(Cl)c2)cc1)C(=O)NC(C)(C)C. The molecule has 2 aromatic carbocycles. The van der Waals surface area contributed by atoms with E-state index in [4.69, 9.17) is 23.2 Å². The maximum Gasteiger partial charge on any atom is 0.261 e. The number of amides is 2. The maximum absolute atomic E-state index is 12.5. The summed E-state index contributed by atoms with van der Waals surface area (Å²) in [6, 6.07) is 9.71. The van der Waals surface area contributed by atoms with Gasteiger partial charge in [-0.3, -0.25) is 14.3 Å². The van der Waals surface area contributed by atoms with Crippen LogP contribution < -0.4 is 15.4 Å². The normalized spacial score (nSPS) is 12.7. The molecule has 0 aliphatic rings. The maximum atomic E-state index is 12.5. The molecule has 168 valence electrons. The molecule has 0 spiro atoms. The number of hydrogen-bond acceptors (Lipinski definition) is 4. The molecule has 0 radical (unpaired) electrons. The van der Waals surface area contributed by atoms with Crippen LogP contribution in [0.1, 0.15) is 33.3 Å². The summed E-state index contributed by atoms with van der Waals surface area (Å²) in [6.45, 7) is 7.18. The number of sulfonamides is 1. The minimum atomic E-state index is -3.85.